The number of hydrogen-bond acceptors (Lipinski definition) is 3. The fourth-order valence-electron chi connectivity index (χ4n) is 2.92. The zero-order valence-electron chi connectivity index (χ0n) is 13.6. The average Bonchev–Trinajstić information content (AvgIpc) is 2.69. The van der Waals surface area contributed by atoms with E-state index in [2.05, 4.69) is 5.43 Å². The Balaban J connectivity index is 1.66. The molecular formula is C21H18N2O2. The topological polar surface area (TPSA) is 41.6 Å². The molecule has 1 aliphatic rings. The van der Waals surface area contributed by atoms with Gasteiger partial charge in [0.25, 0.3) is 5.91 Å². The first-order valence-corrected chi connectivity index (χ1v) is 8.24. The molecule has 4 nitrogen and oxygen atoms in total. The van der Waals surface area contributed by atoms with E-state index in [1.54, 1.807) is 11.1 Å². The molecule has 4 heteroatoms. The van der Waals surface area contributed by atoms with Gasteiger partial charge in [0, 0.05) is 12.1 Å². The Hall–Kier alpha value is -3.11. The minimum Gasteiger partial charge on any atom is -0.464 e. The third-order valence-electron chi connectivity index (χ3n) is 4.19. The lowest BCUT2D eigenvalue weighted by Crippen LogP contribution is -2.49. The van der Waals surface area contributed by atoms with Crippen LogP contribution in [0.2, 0.25) is 0 Å². The molecule has 0 saturated carbocycles. The minimum absolute atomic E-state index is 0.0911. The quantitative estimate of drug-likeness (QED) is 0.788. The van der Waals surface area contributed by atoms with E-state index in [0.29, 0.717) is 17.9 Å². The molecule has 1 aliphatic heterocycles. The summed E-state index contributed by atoms with van der Waals surface area (Å²) in [6.07, 6.45) is -0.507. The second-order valence-electron chi connectivity index (χ2n) is 5.87. The summed E-state index contributed by atoms with van der Waals surface area (Å²) < 4.78 is 6.13. The lowest BCUT2D eigenvalue weighted by molar-refractivity contribution is -0.0176. The molecule has 0 radical (unpaired) electrons. The first-order valence-electron chi connectivity index (χ1n) is 8.24. The largest absolute Gasteiger partial charge is 0.464 e. The first kappa shape index (κ1) is 15.4. The third-order valence-corrected chi connectivity index (χ3v) is 4.19. The fraction of sp³-hybridized carbons (Fsp3) is 0.0952. The van der Waals surface area contributed by atoms with Crippen molar-refractivity contribution in [3.05, 3.63) is 102 Å². The average molecular weight is 330 g/mol. The van der Waals surface area contributed by atoms with Crippen LogP contribution in [0.5, 0.6) is 5.75 Å². The summed E-state index contributed by atoms with van der Waals surface area (Å²) >= 11 is 0. The molecular weight excluding hydrogens is 312 g/mol. The molecule has 0 spiro atoms. The summed E-state index contributed by atoms with van der Waals surface area (Å²) in [5.74, 6) is 0.519. The molecule has 0 fully saturated rings. The summed E-state index contributed by atoms with van der Waals surface area (Å²) in [7, 11) is 0. The highest BCUT2D eigenvalue weighted by molar-refractivity contribution is 5.97. The van der Waals surface area contributed by atoms with E-state index in [9.17, 15) is 4.79 Å². The van der Waals surface area contributed by atoms with Gasteiger partial charge in [-0.15, -0.1) is 0 Å². The van der Waals surface area contributed by atoms with E-state index >= 15 is 0 Å². The van der Waals surface area contributed by atoms with Crippen molar-refractivity contribution in [2.45, 2.75) is 12.8 Å². The van der Waals surface area contributed by atoms with Crippen molar-refractivity contribution in [1.29, 1.82) is 0 Å². The summed E-state index contributed by atoms with van der Waals surface area (Å²) in [6, 6.07) is 27.1. The second-order valence-corrected chi connectivity index (χ2v) is 5.87. The molecule has 4 rings (SSSR count). The van der Waals surface area contributed by atoms with E-state index < -0.39 is 6.23 Å². The lowest BCUT2D eigenvalue weighted by Gasteiger charge is -2.37. The van der Waals surface area contributed by atoms with Crippen molar-refractivity contribution in [3.8, 4) is 5.75 Å². The summed E-state index contributed by atoms with van der Waals surface area (Å²) in [5.41, 5.74) is 5.82. The standard InChI is InChI=1S/C21H18N2O2/c24-20-18-13-7-8-14-19(18)25-21(17-11-5-2-6-12-17)23(20)22-15-16-9-3-1-4-10-16/h1-14,21-22H,15H2/t21-/m1/s1. The highest BCUT2D eigenvalue weighted by Gasteiger charge is 2.34. The van der Waals surface area contributed by atoms with Crippen LogP contribution in [0.1, 0.15) is 27.7 Å². The smallest absolute Gasteiger partial charge is 0.275 e. The van der Waals surface area contributed by atoms with Gasteiger partial charge in [-0.3, -0.25) is 4.79 Å². The number of nitrogens with one attached hydrogen (secondary N) is 1. The third kappa shape index (κ3) is 3.12. The van der Waals surface area contributed by atoms with Crippen LogP contribution in [0.3, 0.4) is 0 Å². The number of ether oxygens (including phenoxy) is 1. The number of nitrogens with zero attached hydrogens (tertiary/aromatic N) is 1. The predicted octanol–water partition coefficient (Wildman–Crippen LogP) is 3.92. The molecule has 1 atom stereocenters. The van der Waals surface area contributed by atoms with E-state index in [0.717, 1.165) is 11.1 Å². The summed E-state index contributed by atoms with van der Waals surface area (Å²) in [6.45, 7) is 0.543. The number of rotatable bonds is 4. The van der Waals surface area contributed by atoms with Crippen LogP contribution in [0.15, 0.2) is 84.9 Å². The van der Waals surface area contributed by atoms with Crippen LogP contribution in [-0.2, 0) is 6.54 Å². The normalized spacial score (nSPS) is 16.2. The SMILES string of the molecule is O=C1c2ccccc2O[C@H](c2ccccc2)N1NCc1ccccc1. The fourth-order valence-corrected chi connectivity index (χ4v) is 2.92. The minimum atomic E-state index is -0.507. The summed E-state index contributed by atoms with van der Waals surface area (Å²) in [5, 5.41) is 1.57. The van der Waals surface area contributed by atoms with Crippen molar-refractivity contribution in [3.63, 3.8) is 0 Å². The van der Waals surface area contributed by atoms with Gasteiger partial charge in [-0.25, -0.2) is 10.4 Å². The van der Waals surface area contributed by atoms with Crippen LogP contribution < -0.4 is 10.2 Å². The van der Waals surface area contributed by atoms with Crippen LogP contribution >= 0.6 is 0 Å². The van der Waals surface area contributed by atoms with Crippen LogP contribution in [-0.4, -0.2) is 10.9 Å². The van der Waals surface area contributed by atoms with Gasteiger partial charge in [0.1, 0.15) is 5.75 Å². The maximum Gasteiger partial charge on any atom is 0.275 e. The monoisotopic (exact) mass is 330 g/mol. The van der Waals surface area contributed by atoms with Gasteiger partial charge < -0.3 is 4.74 Å². The van der Waals surface area contributed by atoms with Crippen molar-refractivity contribution in [2.24, 2.45) is 0 Å². The Morgan fingerprint density at radius 3 is 2.24 bits per heavy atom. The van der Waals surface area contributed by atoms with E-state index in [4.69, 9.17) is 4.74 Å². The number of benzene rings is 3. The van der Waals surface area contributed by atoms with Crippen LogP contribution in [0.4, 0.5) is 0 Å². The highest BCUT2D eigenvalue weighted by Crippen LogP contribution is 2.33. The highest BCUT2D eigenvalue weighted by atomic mass is 16.5. The Labute approximate surface area is 146 Å². The van der Waals surface area contributed by atoms with Crippen molar-refractivity contribution >= 4 is 5.91 Å². The van der Waals surface area contributed by atoms with E-state index in [-0.39, 0.29) is 5.91 Å². The molecule has 124 valence electrons. The van der Waals surface area contributed by atoms with Gasteiger partial charge in [-0.2, -0.15) is 0 Å². The summed E-state index contributed by atoms with van der Waals surface area (Å²) in [4.78, 5) is 13.0. The molecule has 0 aromatic heterocycles. The molecule has 0 saturated heterocycles. The predicted molar refractivity (Wildman–Crippen MR) is 95.7 cm³/mol. The molecule has 1 heterocycles. The van der Waals surface area contributed by atoms with E-state index in [1.165, 1.54) is 0 Å². The molecule has 3 aromatic carbocycles. The molecule has 0 unspecified atom stereocenters. The van der Waals surface area contributed by atoms with Crippen molar-refractivity contribution in [1.82, 2.24) is 10.4 Å². The Morgan fingerprint density at radius 2 is 1.48 bits per heavy atom. The van der Waals surface area contributed by atoms with Crippen molar-refractivity contribution in [2.75, 3.05) is 0 Å². The Morgan fingerprint density at radius 1 is 0.840 bits per heavy atom. The Kier molecular flexibility index (Phi) is 4.19. The first-order chi connectivity index (χ1) is 12.3. The van der Waals surface area contributed by atoms with Crippen LogP contribution in [0, 0.1) is 0 Å². The number of amides is 1. The maximum absolute atomic E-state index is 13.0. The zero-order valence-corrected chi connectivity index (χ0v) is 13.6. The molecule has 0 aliphatic carbocycles. The molecule has 1 amide bonds. The molecule has 3 aromatic rings. The number of fused-ring (bicyclic) bond motifs is 1. The van der Waals surface area contributed by atoms with Gasteiger partial charge in [0.15, 0.2) is 0 Å². The van der Waals surface area contributed by atoms with E-state index in [1.807, 2.05) is 78.9 Å². The second kappa shape index (κ2) is 6.79. The number of carbonyl (C=O) groups is 1. The number of hydrogen-bond donors (Lipinski definition) is 1. The maximum atomic E-state index is 13.0. The number of para-hydroxylation sites is 1. The zero-order chi connectivity index (χ0) is 17.1. The van der Waals surface area contributed by atoms with Gasteiger partial charge in [-0.1, -0.05) is 72.8 Å². The number of hydrazine groups is 1. The van der Waals surface area contributed by atoms with Crippen molar-refractivity contribution < 1.29 is 9.53 Å². The van der Waals surface area contributed by atoms with Gasteiger partial charge in [0.2, 0.25) is 6.23 Å². The van der Waals surface area contributed by atoms with Gasteiger partial charge in [-0.05, 0) is 17.7 Å². The molecule has 0 bridgehead atoms. The van der Waals surface area contributed by atoms with Gasteiger partial charge >= 0.3 is 0 Å². The number of carbonyl (C=O) groups excluding carboxylic acids is 1. The lowest BCUT2D eigenvalue weighted by atomic mass is 10.1. The molecule has 25 heavy (non-hydrogen) atoms. The van der Waals surface area contributed by atoms with Gasteiger partial charge in [0.05, 0.1) is 5.56 Å². The Bertz CT molecular complexity index is 865. The van der Waals surface area contributed by atoms with Crippen LogP contribution in [0.25, 0.3) is 0 Å². The molecule has 1 N–H and O–H groups in total.